The van der Waals surface area contributed by atoms with Crippen LogP contribution in [0, 0.1) is 5.41 Å². The third kappa shape index (κ3) is 2.40. The second-order valence-corrected chi connectivity index (χ2v) is 8.07. The van der Waals surface area contributed by atoms with Crippen LogP contribution in [0.15, 0.2) is 16.3 Å². The van der Waals surface area contributed by atoms with E-state index in [1.807, 2.05) is 0 Å². The van der Waals surface area contributed by atoms with Gasteiger partial charge < -0.3 is 5.73 Å². The minimum absolute atomic E-state index is 0.0754. The van der Waals surface area contributed by atoms with Crippen molar-refractivity contribution < 1.29 is 8.42 Å². The number of hydrogen-bond donors (Lipinski definition) is 1. The highest BCUT2D eigenvalue weighted by atomic mass is 32.2. The van der Waals surface area contributed by atoms with Crippen molar-refractivity contribution in [3.8, 4) is 0 Å². The highest BCUT2D eigenvalue weighted by molar-refractivity contribution is 7.89. The monoisotopic (exact) mass is 274 g/mol. The summed E-state index contributed by atoms with van der Waals surface area (Å²) in [6.07, 6.45) is 0.911. The van der Waals surface area contributed by atoms with Gasteiger partial charge in [-0.3, -0.25) is 0 Å². The first kappa shape index (κ1) is 13.0. The van der Waals surface area contributed by atoms with Crippen molar-refractivity contribution in [2.24, 2.45) is 11.1 Å². The van der Waals surface area contributed by atoms with Crippen LogP contribution < -0.4 is 5.73 Å². The summed E-state index contributed by atoms with van der Waals surface area (Å²) in [6.45, 7) is 5.67. The molecule has 1 aliphatic rings. The standard InChI is InChI=1S/C11H18N2O2S2/c1-11(2)4-5-13(8-11)17(14,15)10-3-6-16-9(10)7-12/h3,6H,4-5,7-8,12H2,1-2H3. The average Bonchev–Trinajstić information content (AvgIpc) is 2.83. The molecular formula is C11H18N2O2S2. The smallest absolute Gasteiger partial charge is 0.244 e. The molecule has 0 amide bonds. The zero-order valence-corrected chi connectivity index (χ0v) is 11.8. The molecule has 2 heterocycles. The van der Waals surface area contributed by atoms with Crippen molar-refractivity contribution in [2.45, 2.75) is 31.7 Å². The number of nitrogens with zero attached hydrogens (tertiary/aromatic N) is 1. The molecule has 1 saturated heterocycles. The lowest BCUT2D eigenvalue weighted by atomic mass is 9.93. The highest BCUT2D eigenvalue weighted by Gasteiger charge is 2.37. The molecule has 0 unspecified atom stereocenters. The van der Waals surface area contributed by atoms with E-state index in [2.05, 4.69) is 13.8 Å². The van der Waals surface area contributed by atoms with Gasteiger partial charge >= 0.3 is 0 Å². The van der Waals surface area contributed by atoms with Crippen LogP contribution in [0.25, 0.3) is 0 Å². The van der Waals surface area contributed by atoms with Crippen LogP contribution in [0.1, 0.15) is 25.1 Å². The maximum atomic E-state index is 12.4. The van der Waals surface area contributed by atoms with Gasteiger partial charge in [0.25, 0.3) is 0 Å². The maximum absolute atomic E-state index is 12.4. The van der Waals surface area contributed by atoms with Crippen molar-refractivity contribution in [3.63, 3.8) is 0 Å². The summed E-state index contributed by atoms with van der Waals surface area (Å²) in [6, 6.07) is 1.66. The van der Waals surface area contributed by atoms with Gasteiger partial charge in [-0.15, -0.1) is 11.3 Å². The molecule has 0 aromatic carbocycles. The quantitative estimate of drug-likeness (QED) is 0.911. The fourth-order valence-corrected chi connectivity index (χ4v) is 5.05. The Morgan fingerprint density at radius 2 is 2.24 bits per heavy atom. The minimum Gasteiger partial charge on any atom is -0.326 e. The molecule has 0 aliphatic carbocycles. The van der Waals surface area contributed by atoms with E-state index >= 15 is 0 Å². The molecule has 0 atom stereocenters. The van der Waals surface area contributed by atoms with Crippen molar-refractivity contribution in [3.05, 3.63) is 16.3 Å². The summed E-state index contributed by atoms with van der Waals surface area (Å²) in [4.78, 5) is 1.14. The van der Waals surface area contributed by atoms with Crippen LogP contribution in [-0.4, -0.2) is 25.8 Å². The Hall–Kier alpha value is -0.430. The highest BCUT2D eigenvalue weighted by Crippen LogP contribution is 2.34. The fraction of sp³-hybridized carbons (Fsp3) is 0.636. The van der Waals surface area contributed by atoms with Gasteiger partial charge in [-0.25, -0.2) is 8.42 Å². The van der Waals surface area contributed by atoms with Gasteiger partial charge in [0.15, 0.2) is 0 Å². The lowest BCUT2D eigenvalue weighted by Crippen LogP contribution is -2.30. The van der Waals surface area contributed by atoms with Crippen LogP contribution in [0.2, 0.25) is 0 Å². The van der Waals surface area contributed by atoms with Gasteiger partial charge in [-0.1, -0.05) is 13.8 Å². The first-order valence-electron chi connectivity index (χ1n) is 5.63. The van der Waals surface area contributed by atoms with E-state index in [4.69, 9.17) is 5.73 Å². The van der Waals surface area contributed by atoms with Crippen molar-refractivity contribution in [1.29, 1.82) is 0 Å². The van der Waals surface area contributed by atoms with Gasteiger partial charge in [-0.05, 0) is 23.3 Å². The van der Waals surface area contributed by atoms with Crippen molar-refractivity contribution in [2.75, 3.05) is 13.1 Å². The molecule has 1 aromatic rings. The Morgan fingerprint density at radius 3 is 2.76 bits per heavy atom. The number of hydrogen-bond acceptors (Lipinski definition) is 4. The third-order valence-electron chi connectivity index (χ3n) is 3.15. The SMILES string of the molecule is CC1(C)CCN(S(=O)(=O)c2ccsc2CN)C1. The van der Waals surface area contributed by atoms with Crippen LogP contribution in [0.3, 0.4) is 0 Å². The number of thiophene rings is 1. The summed E-state index contributed by atoms with van der Waals surface area (Å²) in [5.74, 6) is 0. The summed E-state index contributed by atoms with van der Waals surface area (Å²) in [5.41, 5.74) is 5.65. The van der Waals surface area contributed by atoms with Crippen LogP contribution in [0.5, 0.6) is 0 Å². The molecule has 4 nitrogen and oxygen atoms in total. The first-order chi connectivity index (χ1) is 7.87. The molecule has 0 radical (unpaired) electrons. The molecule has 2 N–H and O–H groups in total. The van der Waals surface area contributed by atoms with Crippen molar-refractivity contribution in [1.82, 2.24) is 4.31 Å². The molecular weight excluding hydrogens is 256 g/mol. The minimum atomic E-state index is -3.35. The second-order valence-electron chi connectivity index (χ2n) is 5.16. The van der Waals surface area contributed by atoms with E-state index in [1.54, 1.807) is 15.8 Å². The summed E-state index contributed by atoms with van der Waals surface area (Å²) in [5, 5.41) is 1.79. The summed E-state index contributed by atoms with van der Waals surface area (Å²) < 4.78 is 26.5. The molecule has 2 rings (SSSR count). The average molecular weight is 274 g/mol. The van der Waals surface area contributed by atoms with E-state index in [-0.39, 0.29) is 12.0 Å². The Morgan fingerprint density at radius 1 is 1.53 bits per heavy atom. The number of rotatable bonds is 3. The lowest BCUT2D eigenvalue weighted by Gasteiger charge is -2.19. The first-order valence-corrected chi connectivity index (χ1v) is 7.95. The topological polar surface area (TPSA) is 63.4 Å². The van der Waals surface area contributed by atoms with E-state index in [0.29, 0.717) is 18.0 Å². The summed E-state index contributed by atoms with van der Waals surface area (Å²) in [7, 11) is -3.35. The zero-order chi connectivity index (χ0) is 12.7. The Kier molecular flexibility index (Phi) is 3.33. The largest absolute Gasteiger partial charge is 0.326 e. The molecule has 1 aliphatic heterocycles. The summed E-state index contributed by atoms with van der Waals surface area (Å²) >= 11 is 1.40. The van der Waals surface area contributed by atoms with E-state index in [9.17, 15) is 8.42 Å². The van der Waals surface area contributed by atoms with Crippen LogP contribution in [-0.2, 0) is 16.6 Å². The normalized spacial score (nSPS) is 20.9. The molecule has 0 bridgehead atoms. The Bertz CT molecular complexity index is 505. The molecule has 1 aromatic heterocycles. The molecule has 0 spiro atoms. The number of sulfonamides is 1. The van der Waals surface area contributed by atoms with E-state index in [1.165, 1.54) is 11.3 Å². The van der Waals surface area contributed by atoms with Gasteiger partial charge in [-0.2, -0.15) is 4.31 Å². The maximum Gasteiger partial charge on any atom is 0.244 e. The van der Waals surface area contributed by atoms with Crippen LogP contribution in [0.4, 0.5) is 0 Å². The molecule has 0 saturated carbocycles. The zero-order valence-electron chi connectivity index (χ0n) is 10.1. The molecule has 96 valence electrons. The van der Waals surface area contributed by atoms with Crippen molar-refractivity contribution >= 4 is 21.4 Å². The Labute approximate surface area is 106 Å². The lowest BCUT2D eigenvalue weighted by molar-refractivity contribution is 0.375. The Balaban J connectivity index is 2.32. The van der Waals surface area contributed by atoms with Gasteiger partial charge in [0, 0.05) is 24.5 Å². The molecule has 1 fully saturated rings. The predicted octanol–water partition coefficient (Wildman–Crippen LogP) is 1.63. The van der Waals surface area contributed by atoms with E-state index < -0.39 is 10.0 Å². The molecule has 6 heteroatoms. The van der Waals surface area contributed by atoms with Crippen LogP contribution >= 0.6 is 11.3 Å². The number of nitrogens with two attached hydrogens (primary N) is 1. The third-order valence-corrected chi connectivity index (χ3v) is 6.15. The van der Waals surface area contributed by atoms with Gasteiger partial charge in [0.1, 0.15) is 0 Å². The van der Waals surface area contributed by atoms with E-state index in [0.717, 1.165) is 11.3 Å². The van der Waals surface area contributed by atoms with Gasteiger partial charge in [0.05, 0.1) is 4.90 Å². The predicted molar refractivity (Wildman–Crippen MR) is 69.4 cm³/mol. The fourth-order valence-electron chi connectivity index (χ4n) is 2.11. The second kappa shape index (κ2) is 4.35. The van der Waals surface area contributed by atoms with Gasteiger partial charge in [0.2, 0.25) is 10.0 Å². The molecule has 17 heavy (non-hydrogen) atoms.